The van der Waals surface area contributed by atoms with Gasteiger partial charge in [0.25, 0.3) is 0 Å². The van der Waals surface area contributed by atoms with Crippen LogP contribution in [0, 0.1) is 0 Å². The fraction of sp³-hybridized carbons (Fsp3) is 0. The minimum Gasteiger partial charge on any atom is -0.309 e. The first-order valence-electron chi connectivity index (χ1n) is 24.7. The summed E-state index contributed by atoms with van der Waals surface area (Å²) in [4.78, 5) is 0. The molecule has 2 heterocycles. The van der Waals surface area contributed by atoms with Gasteiger partial charge in [-0.15, -0.1) is 0 Å². The highest BCUT2D eigenvalue weighted by atomic mass is 28.3. The van der Waals surface area contributed by atoms with Gasteiger partial charge < -0.3 is 9.13 Å². The van der Waals surface area contributed by atoms with Gasteiger partial charge >= 0.3 is 0 Å². The summed E-state index contributed by atoms with van der Waals surface area (Å²) in [7, 11) is -3.10. The van der Waals surface area contributed by atoms with E-state index in [1.807, 2.05) is 95.6 Å². The van der Waals surface area contributed by atoms with Gasteiger partial charge in [-0.3, -0.25) is 0 Å². The second-order valence-electron chi connectivity index (χ2n) is 15.9. The lowest BCUT2D eigenvalue weighted by Gasteiger charge is -2.34. The lowest BCUT2D eigenvalue weighted by atomic mass is 9.92. The van der Waals surface area contributed by atoms with E-state index in [0.29, 0.717) is 5.69 Å². The van der Waals surface area contributed by atoms with Crippen molar-refractivity contribution < 1.29 is 9.60 Å². The molecule has 12 aromatic rings. The van der Waals surface area contributed by atoms with Crippen molar-refractivity contribution >= 4 is 72.4 Å². The third-order valence-corrected chi connectivity index (χ3v) is 17.3. The van der Waals surface area contributed by atoms with Gasteiger partial charge in [-0.05, 0) is 91.4 Å². The van der Waals surface area contributed by atoms with Crippen molar-refractivity contribution in [3.05, 3.63) is 255 Å². The summed E-state index contributed by atoms with van der Waals surface area (Å²) in [5.41, 5.74) is 6.64. The predicted octanol–water partition coefficient (Wildman–Crippen LogP) is 12.6. The fourth-order valence-electron chi connectivity index (χ4n) is 9.89. The van der Waals surface area contributed by atoms with E-state index < -0.39 is 20.2 Å². The van der Waals surface area contributed by atoms with Crippen LogP contribution < -0.4 is 20.7 Å². The van der Waals surface area contributed by atoms with Gasteiger partial charge in [-0.2, -0.15) is 0 Å². The minimum atomic E-state index is -3.10. The van der Waals surface area contributed by atoms with E-state index in [0.717, 1.165) is 64.8 Å². The highest BCUT2D eigenvalue weighted by Crippen LogP contribution is 2.42. The molecule has 2 aromatic heterocycles. The summed E-state index contributed by atoms with van der Waals surface area (Å²) >= 11 is 0. The molecule has 0 amide bonds. The van der Waals surface area contributed by atoms with Crippen LogP contribution in [-0.4, -0.2) is 17.2 Å². The molecule has 63 heavy (non-hydrogen) atoms. The largest absolute Gasteiger partial charge is 0.309 e. The quantitative estimate of drug-likeness (QED) is 0.107. The standard InChI is InChI=1S/C60H42N2Si/c1-5-21-43(22-6-1)50-31-13-14-32-51(50)53-35-20-38-59-60(53)54-34-16-18-37-57(54)62(59)45-39-40-58-55(42-45)52-33-15-17-36-56(52)61(58)44-23-19-30-49(41-44)63(46-24-7-2-8-25-46,47-26-9-3-10-27-47)48-28-11-4-12-29-48/h1-42H/i15D,17D,33D,36D,39D,40D,42D. The summed E-state index contributed by atoms with van der Waals surface area (Å²) in [5.74, 6) is 0. The highest BCUT2D eigenvalue weighted by molar-refractivity contribution is 7.19. The van der Waals surface area contributed by atoms with Gasteiger partial charge in [-0.1, -0.05) is 206 Å². The van der Waals surface area contributed by atoms with E-state index in [1.165, 1.54) is 0 Å². The van der Waals surface area contributed by atoms with Crippen molar-refractivity contribution in [2.75, 3.05) is 0 Å². The molecule has 0 radical (unpaired) electrons. The molecular weight excluding hydrogens is 777 g/mol. The van der Waals surface area contributed by atoms with E-state index in [1.54, 1.807) is 4.57 Å². The van der Waals surface area contributed by atoms with Crippen LogP contribution >= 0.6 is 0 Å². The van der Waals surface area contributed by atoms with Crippen LogP contribution in [0.4, 0.5) is 0 Å². The highest BCUT2D eigenvalue weighted by Gasteiger charge is 2.41. The normalized spacial score (nSPS) is 13.4. The maximum Gasteiger partial charge on any atom is 0.179 e. The molecule has 3 heteroatoms. The van der Waals surface area contributed by atoms with Crippen molar-refractivity contribution in [2.24, 2.45) is 0 Å². The van der Waals surface area contributed by atoms with Crippen LogP contribution in [0.2, 0.25) is 0 Å². The van der Waals surface area contributed by atoms with E-state index in [-0.39, 0.29) is 57.7 Å². The maximum atomic E-state index is 10.3. The first-order valence-corrected chi connectivity index (χ1v) is 23.2. The lowest BCUT2D eigenvalue weighted by Crippen LogP contribution is -2.74. The average molecular weight is 826 g/mol. The zero-order valence-electron chi connectivity index (χ0n) is 41.1. The van der Waals surface area contributed by atoms with Crippen LogP contribution in [-0.2, 0) is 0 Å². The molecule has 0 N–H and O–H groups in total. The molecule has 0 unspecified atom stereocenters. The minimum absolute atomic E-state index is 0.111. The Balaban J connectivity index is 1.18. The number of benzene rings is 10. The summed E-state index contributed by atoms with van der Waals surface area (Å²) in [6, 6.07) is 70.2. The van der Waals surface area contributed by atoms with Crippen molar-refractivity contribution in [1.82, 2.24) is 9.13 Å². The fourth-order valence-corrected chi connectivity index (χ4v) is 14.7. The van der Waals surface area contributed by atoms with Gasteiger partial charge in [0, 0.05) is 32.9 Å². The number of fused-ring (bicyclic) bond motifs is 6. The number of hydrogen-bond donors (Lipinski definition) is 0. The van der Waals surface area contributed by atoms with Crippen LogP contribution in [0.5, 0.6) is 0 Å². The van der Waals surface area contributed by atoms with E-state index in [9.17, 15) is 6.85 Å². The molecule has 2 nitrogen and oxygen atoms in total. The number of rotatable bonds is 8. The lowest BCUT2D eigenvalue weighted by molar-refractivity contribution is 1.17. The van der Waals surface area contributed by atoms with Gasteiger partial charge in [-0.25, -0.2) is 0 Å². The second-order valence-corrected chi connectivity index (χ2v) is 19.7. The third kappa shape index (κ3) is 5.85. The Kier molecular flexibility index (Phi) is 7.25. The number of para-hydroxylation sites is 2. The SMILES string of the molecule is [2H]c1c([2H])c([2H])c2c(c1[2H])c1c([2H])c(-n3c4ccccc4c4c(-c5ccccc5-c5ccccc5)cccc43)c([2H])c([2H])c1n2-c1cccc([Si](c2ccccc2)(c2ccccc2)c2ccccc2)c1. The first kappa shape index (κ1) is 30.1. The number of aromatic nitrogens is 2. The van der Waals surface area contributed by atoms with Crippen LogP contribution in [0.25, 0.3) is 77.2 Å². The Morgan fingerprint density at radius 2 is 0.857 bits per heavy atom. The third-order valence-electron chi connectivity index (χ3n) is 12.5. The van der Waals surface area contributed by atoms with Crippen molar-refractivity contribution in [3.8, 4) is 33.6 Å². The monoisotopic (exact) mass is 825 g/mol. The van der Waals surface area contributed by atoms with Crippen molar-refractivity contribution in [3.63, 3.8) is 0 Å². The molecule has 0 bridgehead atoms. The molecule has 0 atom stereocenters. The van der Waals surface area contributed by atoms with E-state index >= 15 is 0 Å². The Morgan fingerprint density at radius 1 is 0.333 bits per heavy atom. The van der Waals surface area contributed by atoms with Crippen molar-refractivity contribution in [1.29, 1.82) is 0 Å². The molecule has 296 valence electrons. The molecule has 12 rings (SSSR count). The Morgan fingerprint density at radius 3 is 1.57 bits per heavy atom. The van der Waals surface area contributed by atoms with Crippen LogP contribution in [0.3, 0.4) is 0 Å². The zero-order valence-corrected chi connectivity index (χ0v) is 35.1. The summed E-state index contributed by atoms with van der Waals surface area (Å²) in [6.45, 7) is 0. The first-order chi connectivity index (χ1) is 34.2. The van der Waals surface area contributed by atoms with Crippen molar-refractivity contribution in [2.45, 2.75) is 0 Å². The van der Waals surface area contributed by atoms with Crippen LogP contribution in [0.1, 0.15) is 9.60 Å². The molecule has 0 saturated heterocycles. The number of nitrogens with zero attached hydrogens (tertiary/aromatic N) is 2. The Labute approximate surface area is 378 Å². The summed E-state index contributed by atoms with van der Waals surface area (Å²) in [6.07, 6.45) is 0. The van der Waals surface area contributed by atoms with Crippen LogP contribution in [0.15, 0.2) is 255 Å². The summed E-state index contributed by atoms with van der Waals surface area (Å²) < 4.78 is 71.0. The molecular formula is C60H42N2Si. The van der Waals surface area contributed by atoms with E-state index in [4.69, 9.17) is 2.74 Å². The van der Waals surface area contributed by atoms with E-state index in [2.05, 4.69) is 121 Å². The predicted molar refractivity (Wildman–Crippen MR) is 270 cm³/mol. The number of hydrogen-bond acceptors (Lipinski definition) is 0. The summed E-state index contributed by atoms with van der Waals surface area (Å²) in [5, 5.41) is 6.61. The molecule has 0 aliphatic carbocycles. The molecule has 0 spiro atoms. The average Bonchev–Trinajstić information content (AvgIpc) is 3.95. The van der Waals surface area contributed by atoms with Gasteiger partial charge in [0.1, 0.15) is 0 Å². The smallest absolute Gasteiger partial charge is 0.179 e. The van der Waals surface area contributed by atoms with Gasteiger partial charge in [0.15, 0.2) is 8.07 Å². The molecule has 0 aliphatic heterocycles. The molecule has 0 fully saturated rings. The Hall–Kier alpha value is -7.98. The molecule has 10 aromatic carbocycles. The second kappa shape index (κ2) is 15.2. The molecule has 0 aliphatic rings. The van der Waals surface area contributed by atoms with Gasteiger partial charge in [0.2, 0.25) is 0 Å². The maximum absolute atomic E-state index is 10.3. The van der Waals surface area contributed by atoms with Gasteiger partial charge in [0.05, 0.1) is 31.7 Å². The molecule has 0 saturated carbocycles. The topological polar surface area (TPSA) is 9.86 Å². The zero-order chi connectivity index (χ0) is 47.8. The Bertz CT molecular complexity index is 3930.